The lowest BCUT2D eigenvalue weighted by atomic mass is 10.2. The van der Waals surface area contributed by atoms with Crippen LogP contribution in [0.5, 0.6) is 0 Å². The van der Waals surface area contributed by atoms with Crippen LogP contribution in [0.1, 0.15) is 0 Å². The van der Waals surface area contributed by atoms with Crippen LogP contribution in [0.25, 0.3) is 0 Å². The monoisotopic (exact) mass is 159 g/mol. The van der Waals surface area contributed by atoms with Crippen LogP contribution in [0.2, 0.25) is 0 Å². The molecule has 1 rings (SSSR count). The minimum atomic E-state index is -0.312. The molecule has 4 nitrogen and oxygen atoms in total. The van der Waals surface area contributed by atoms with Crippen molar-refractivity contribution in [3.05, 3.63) is 0 Å². The third kappa shape index (κ3) is 1.90. The molecule has 3 N–H and O–H groups in total. The summed E-state index contributed by atoms with van der Waals surface area (Å²) in [5, 5.41) is 3.11. The van der Waals surface area contributed by atoms with Crippen molar-refractivity contribution in [2.24, 2.45) is 5.73 Å². The van der Waals surface area contributed by atoms with Crippen molar-refractivity contribution >= 4 is 0 Å². The van der Waals surface area contributed by atoms with Crippen LogP contribution in [0.4, 0.5) is 0 Å². The molecule has 1 heterocycles. The summed E-state index contributed by atoms with van der Waals surface area (Å²) in [5.41, 5.74) is 5.28. The Hall–Kier alpha value is -0.160. The Kier molecular flexibility index (Phi) is 2.84. The fourth-order valence-corrected chi connectivity index (χ4v) is 1.33. The van der Waals surface area contributed by atoms with Gasteiger partial charge in [0.2, 0.25) is 0 Å². The molecule has 0 aromatic rings. The molecule has 0 radical (unpaired) electrons. The molecule has 1 saturated heterocycles. The van der Waals surface area contributed by atoms with E-state index < -0.39 is 0 Å². The highest BCUT2D eigenvalue weighted by Gasteiger charge is 2.32. The number of hydrogen-bond donors (Lipinski definition) is 2. The summed E-state index contributed by atoms with van der Waals surface area (Å²) in [4.78, 5) is 2.22. The second kappa shape index (κ2) is 3.49. The van der Waals surface area contributed by atoms with Gasteiger partial charge in [-0.05, 0) is 14.1 Å². The van der Waals surface area contributed by atoms with Crippen LogP contribution in [-0.4, -0.2) is 51.0 Å². The molecule has 0 saturated carbocycles. The zero-order chi connectivity index (χ0) is 8.32. The largest absolute Gasteiger partial charge is 0.357 e. The SMILES string of the molecule is CNC1(CN)CN(C)CCO1. The summed E-state index contributed by atoms with van der Waals surface area (Å²) in [6.45, 7) is 3.13. The predicted molar refractivity (Wildman–Crippen MR) is 44.3 cm³/mol. The highest BCUT2D eigenvalue weighted by atomic mass is 16.5. The first-order chi connectivity index (χ1) is 5.22. The van der Waals surface area contributed by atoms with Crippen LogP contribution in [0, 0.1) is 0 Å². The third-order valence-electron chi connectivity index (χ3n) is 2.16. The second-order valence-corrected chi connectivity index (χ2v) is 3.03. The van der Waals surface area contributed by atoms with E-state index in [1.54, 1.807) is 0 Å². The number of likely N-dealkylation sites (N-methyl/N-ethyl adjacent to an activating group) is 2. The lowest BCUT2D eigenvalue weighted by Crippen LogP contribution is -2.62. The molecule has 1 aliphatic heterocycles. The molecule has 1 unspecified atom stereocenters. The highest BCUT2D eigenvalue weighted by Crippen LogP contribution is 2.11. The summed E-state index contributed by atoms with van der Waals surface area (Å²) in [6.07, 6.45) is 0. The van der Waals surface area contributed by atoms with E-state index in [-0.39, 0.29) is 5.72 Å². The van der Waals surface area contributed by atoms with Crippen molar-refractivity contribution in [2.45, 2.75) is 5.72 Å². The first-order valence-electron chi connectivity index (χ1n) is 3.94. The highest BCUT2D eigenvalue weighted by molar-refractivity contribution is 4.84. The Labute approximate surface area is 67.7 Å². The molecule has 0 amide bonds. The average molecular weight is 159 g/mol. The molecular weight excluding hydrogens is 142 g/mol. The van der Waals surface area contributed by atoms with Crippen LogP contribution < -0.4 is 11.1 Å². The zero-order valence-corrected chi connectivity index (χ0v) is 7.26. The van der Waals surface area contributed by atoms with E-state index in [1.165, 1.54) is 0 Å². The molecule has 11 heavy (non-hydrogen) atoms. The molecule has 0 aromatic heterocycles. The maximum atomic E-state index is 5.60. The molecular formula is C7H17N3O. The summed E-state index contributed by atoms with van der Waals surface area (Å²) in [7, 11) is 3.95. The van der Waals surface area contributed by atoms with Crippen molar-refractivity contribution in [1.82, 2.24) is 10.2 Å². The molecule has 1 fully saturated rings. The van der Waals surface area contributed by atoms with Gasteiger partial charge >= 0.3 is 0 Å². The molecule has 1 atom stereocenters. The van der Waals surface area contributed by atoms with Gasteiger partial charge in [0.25, 0.3) is 0 Å². The van der Waals surface area contributed by atoms with Crippen molar-refractivity contribution in [3.8, 4) is 0 Å². The van der Waals surface area contributed by atoms with Crippen LogP contribution >= 0.6 is 0 Å². The molecule has 0 aromatic carbocycles. The first kappa shape index (κ1) is 8.93. The maximum absolute atomic E-state index is 5.60. The van der Waals surface area contributed by atoms with Gasteiger partial charge in [-0.15, -0.1) is 0 Å². The normalized spacial score (nSPS) is 34.1. The Bertz CT molecular complexity index is 125. The van der Waals surface area contributed by atoms with Gasteiger partial charge in [0.15, 0.2) is 0 Å². The van der Waals surface area contributed by atoms with Gasteiger partial charge in [-0.1, -0.05) is 0 Å². The Morgan fingerprint density at radius 2 is 2.45 bits per heavy atom. The number of rotatable bonds is 2. The number of nitrogens with zero attached hydrogens (tertiary/aromatic N) is 1. The van der Waals surface area contributed by atoms with Crippen molar-refractivity contribution < 1.29 is 4.74 Å². The molecule has 4 heteroatoms. The second-order valence-electron chi connectivity index (χ2n) is 3.03. The Morgan fingerprint density at radius 3 is 2.82 bits per heavy atom. The van der Waals surface area contributed by atoms with E-state index in [4.69, 9.17) is 10.5 Å². The molecule has 0 spiro atoms. The van der Waals surface area contributed by atoms with E-state index in [1.807, 2.05) is 7.05 Å². The number of nitrogens with one attached hydrogen (secondary N) is 1. The first-order valence-corrected chi connectivity index (χ1v) is 3.94. The maximum Gasteiger partial charge on any atom is 0.144 e. The number of ether oxygens (including phenoxy) is 1. The van der Waals surface area contributed by atoms with E-state index in [9.17, 15) is 0 Å². The lowest BCUT2D eigenvalue weighted by Gasteiger charge is -2.40. The van der Waals surface area contributed by atoms with E-state index in [2.05, 4.69) is 17.3 Å². The minimum absolute atomic E-state index is 0.312. The van der Waals surface area contributed by atoms with Gasteiger partial charge in [0.05, 0.1) is 6.61 Å². The molecule has 66 valence electrons. The van der Waals surface area contributed by atoms with Crippen molar-refractivity contribution in [2.75, 3.05) is 40.3 Å². The molecule has 0 bridgehead atoms. The number of morpholine rings is 1. The third-order valence-corrected chi connectivity index (χ3v) is 2.16. The van der Waals surface area contributed by atoms with Crippen molar-refractivity contribution in [3.63, 3.8) is 0 Å². The van der Waals surface area contributed by atoms with E-state index in [0.29, 0.717) is 6.54 Å². The zero-order valence-electron chi connectivity index (χ0n) is 7.26. The number of hydrogen-bond acceptors (Lipinski definition) is 4. The Morgan fingerprint density at radius 1 is 1.73 bits per heavy atom. The van der Waals surface area contributed by atoms with E-state index in [0.717, 1.165) is 19.7 Å². The summed E-state index contributed by atoms with van der Waals surface area (Å²) >= 11 is 0. The van der Waals surface area contributed by atoms with Gasteiger partial charge in [-0.2, -0.15) is 0 Å². The fraction of sp³-hybridized carbons (Fsp3) is 1.00. The Balaban J connectivity index is 2.52. The van der Waals surface area contributed by atoms with Crippen LogP contribution in [0.15, 0.2) is 0 Å². The minimum Gasteiger partial charge on any atom is -0.357 e. The predicted octanol–water partition coefficient (Wildman–Crippen LogP) is -1.18. The van der Waals surface area contributed by atoms with Crippen molar-refractivity contribution in [1.29, 1.82) is 0 Å². The van der Waals surface area contributed by atoms with Gasteiger partial charge < -0.3 is 10.5 Å². The lowest BCUT2D eigenvalue weighted by molar-refractivity contribution is -0.113. The standard InChI is InChI=1S/C7H17N3O/c1-9-7(5-8)6-10(2)3-4-11-7/h9H,3-6,8H2,1-2H3. The number of nitrogens with two attached hydrogens (primary N) is 1. The average Bonchev–Trinajstić information content (AvgIpc) is 2.04. The van der Waals surface area contributed by atoms with Crippen LogP contribution in [-0.2, 0) is 4.74 Å². The van der Waals surface area contributed by atoms with Gasteiger partial charge in [0, 0.05) is 19.6 Å². The van der Waals surface area contributed by atoms with Gasteiger partial charge in [-0.3, -0.25) is 10.2 Å². The van der Waals surface area contributed by atoms with Gasteiger partial charge in [-0.25, -0.2) is 0 Å². The van der Waals surface area contributed by atoms with Crippen LogP contribution in [0.3, 0.4) is 0 Å². The van der Waals surface area contributed by atoms with E-state index >= 15 is 0 Å². The van der Waals surface area contributed by atoms with Gasteiger partial charge in [0.1, 0.15) is 5.72 Å². The summed E-state index contributed by atoms with van der Waals surface area (Å²) < 4.78 is 5.56. The summed E-state index contributed by atoms with van der Waals surface area (Å²) in [5.74, 6) is 0. The molecule has 1 aliphatic rings. The fourth-order valence-electron chi connectivity index (χ4n) is 1.33. The summed E-state index contributed by atoms with van der Waals surface area (Å²) in [6, 6.07) is 0. The smallest absolute Gasteiger partial charge is 0.144 e. The quantitative estimate of drug-likeness (QED) is 0.532. The topological polar surface area (TPSA) is 50.5 Å². The molecule has 0 aliphatic carbocycles.